The Morgan fingerprint density at radius 1 is 1.32 bits per heavy atom. The normalized spacial score (nSPS) is 32.5. The Balaban J connectivity index is 2.39. The number of nitrogens with zero attached hydrogens (tertiary/aromatic N) is 2. The second-order valence-corrected chi connectivity index (χ2v) is 21.3. The van der Waals surface area contributed by atoms with Gasteiger partial charge in [-0.25, -0.2) is 0 Å². The van der Waals surface area contributed by atoms with E-state index in [1.54, 1.807) is 0 Å². The van der Waals surface area contributed by atoms with Crippen molar-refractivity contribution in [1.82, 2.24) is 0 Å². The predicted octanol–water partition coefficient (Wildman–Crippen LogP) is 4.08. The molecule has 1 fully saturated rings. The van der Waals surface area contributed by atoms with E-state index >= 15 is 0 Å². The Bertz CT molecular complexity index is 408. The predicted molar refractivity (Wildman–Crippen MR) is 68.7 cm³/mol. The first kappa shape index (κ1) is 15.3. The Kier molecular flexibility index (Phi) is 4.04. The van der Waals surface area contributed by atoms with Crippen LogP contribution in [0.15, 0.2) is 22.0 Å². The molecule has 0 N–H and O–H groups in total. The van der Waals surface area contributed by atoms with Gasteiger partial charge < -0.3 is 0 Å². The first-order chi connectivity index (χ1) is 8.67. The fraction of sp³-hybridized carbons (Fsp3) is 0.833. The van der Waals surface area contributed by atoms with Crippen molar-refractivity contribution in [3.05, 3.63) is 11.8 Å². The summed E-state index contributed by atoms with van der Waals surface area (Å²) in [5, 5.41) is 7.53. The molecule has 0 aromatic heterocycles. The zero-order valence-electron chi connectivity index (χ0n) is 11.4. The van der Waals surface area contributed by atoms with Gasteiger partial charge >= 0.3 is 115 Å². The Morgan fingerprint density at radius 2 is 2.00 bits per heavy atom. The molecule has 7 heteroatoms. The SMILES string of the molecule is [CH3][Sn]([CH3])([CH3])[C]1(C2CCCCO2)C=C(C(F)(F)F)N=N1. The first-order valence-corrected chi connectivity index (χ1v) is 16.5. The van der Waals surface area contributed by atoms with Crippen LogP contribution in [0.25, 0.3) is 0 Å². The molecule has 0 saturated carbocycles. The molecule has 0 aliphatic carbocycles. The van der Waals surface area contributed by atoms with Gasteiger partial charge in [0.05, 0.1) is 0 Å². The number of halogens is 3. The van der Waals surface area contributed by atoms with E-state index < -0.39 is 33.8 Å². The summed E-state index contributed by atoms with van der Waals surface area (Å²) in [7, 11) is 0. The molecule has 0 aromatic rings. The van der Waals surface area contributed by atoms with Crippen LogP contribution in [-0.2, 0) is 4.74 Å². The molecule has 2 atom stereocenters. The molecule has 0 radical (unpaired) electrons. The van der Waals surface area contributed by atoms with Crippen molar-refractivity contribution in [2.75, 3.05) is 6.61 Å². The van der Waals surface area contributed by atoms with E-state index in [1.165, 1.54) is 6.08 Å². The van der Waals surface area contributed by atoms with E-state index in [4.69, 9.17) is 4.74 Å². The number of alkyl halides is 3. The van der Waals surface area contributed by atoms with Crippen LogP contribution in [0.5, 0.6) is 0 Å². The van der Waals surface area contributed by atoms with E-state index in [0.29, 0.717) is 6.61 Å². The maximum absolute atomic E-state index is 12.8. The third-order valence-electron chi connectivity index (χ3n) is 3.84. The van der Waals surface area contributed by atoms with E-state index in [2.05, 4.69) is 25.0 Å². The Morgan fingerprint density at radius 3 is 2.42 bits per heavy atom. The van der Waals surface area contributed by atoms with Gasteiger partial charge in [-0.1, -0.05) is 0 Å². The summed E-state index contributed by atoms with van der Waals surface area (Å²) in [5.41, 5.74) is -0.853. The molecule has 2 heterocycles. The summed E-state index contributed by atoms with van der Waals surface area (Å²) in [6.07, 6.45) is -0.677. The number of hydrogen-bond donors (Lipinski definition) is 0. The Labute approximate surface area is 115 Å². The van der Waals surface area contributed by atoms with Crippen LogP contribution in [0.4, 0.5) is 13.2 Å². The first-order valence-electron chi connectivity index (χ1n) is 6.51. The molecule has 1 saturated heterocycles. The summed E-state index contributed by atoms with van der Waals surface area (Å²) in [6.45, 7) is 0.610. The molecule has 2 rings (SSSR count). The second-order valence-electron chi connectivity index (χ2n) is 6.16. The summed E-state index contributed by atoms with van der Waals surface area (Å²) in [4.78, 5) is 6.25. The quantitative estimate of drug-likeness (QED) is 0.662. The van der Waals surface area contributed by atoms with Gasteiger partial charge in [0, 0.05) is 0 Å². The van der Waals surface area contributed by atoms with Gasteiger partial charge in [0.25, 0.3) is 0 Å². The van der Waals surface area contributed by atoms with Crippen LogP contribution in [0.3, 0.4) is 0 Å². The molecule has 2 aliphatic heterocycles. The molecule has 108 valence electrons. The molecule has 3 nitrogen and oxygen atoms in total. The zero-order chi connectivity index (χ0) is 14.3. The summed E-state index contributed by atoms with van der Waals surface area (Å²) in [5.74, 6) is 0. The van der Waals surface area contributed by atoms with Crippen LogP contribution in [0, 0.1) is 0 Å². The minimum absolute atomic E-state index is 0.236. The van der Waals surface area contributed by atoms with Crippen molar-refractivity contribution >= 4 is 18.4 Å². The van der Waals surface area contributed by atoms with Crippen LogP contribution in [0.2, 0.25) is 14.8 Å². The van der Waals surface area contributed by atoms with Crippen molar-refractivity contribution in [3.63, 3.8) is 0 Å². The monoisotopic (exact) mass is 384 g/mol. The minimum atomic E-state index is -4.42. The van der Waals surface area contributed by atoms with Crippen molar-refractivity contribution in [2.24, 2.45) is 10.2 Å². The maximum atomic E-state index is 12.8. The number of hydrogen-bond acceptors (Lipinski definition) is 3. The zero-order valence-corrected chi connectivity index (χ0v) is 14.3. The molecule has 0 bridgehead atoms. The molecule has 2 unspecified atom stereocenters. The van der Waals surface area contributed by atoms with E-state index in [0.717, 1.165) is 19.3 Å². The van der Waals surface area contributed by atoms with Crippen LogP contribution in [-0.4, -0.2) is 40.8 Å². The van der Waals surface area contributed by atoms with Crippen molar-refractivity contribution in [2.45, 2.75) is 49.9 Å². The molecule has 19 heavy (non-hydrogen) atoms. The van der Waals surface area contributed by atoms with Gasteiger partial charge in [0.15, 0.2) is 0 Å². The van der Waals surface area contributed by atoms with Gasteiger partial charge in [-0.15, -0.1) is 0 Å². The van der Waals surface area contributed by atoms with Crippen molar-refractivity contribution < 1.29 is 17.9 Å². The number of azo groups is 1. The average Bonchev–Trinajstić information content (AvgIpc) is 2.75. The molecular formula is C12H19F3N2OSn. The fourth-order valence-electron chi connectivity index (χ4n) is 2.64. The van der Waals surface area contributed by atoms with Gasteiger partial charge in [0.1, 0.15) is 0 Å². The van der Waals surface area contributed by atoms with E-state index in [1.807, 2.05) is 0 Å². The fourth-order valence-corrected chi connectivity index (χ4v) is 8.67. The molecule has 0 aromatic carbocycles. The third-order valence-corrected chi connectivity index (χ3v) is 12.3. The van der Waals surface area contributed by atoms with Crippen LogP contribution < -0.4 is 0 Å². The summed E-state index contributed by atoms with van der Waals surface area (Å²) in [6, 6.07) is 0. The summed E-state index contributed by atoms with van der Waals surface area (Å²) < 4.78 is 43.4. The van der Waals surface area contributed by atoms with Gasteiger partial charge in [-0.05, 0) is 0 Å². The second kappa shape index (κ2) is 5.02. The number of ether oxygens (including phenoxy) is 1. The number of allylic oxidation sites excluding steroid dienone is 1. The topological polar surface area (TPSA) is 34.0 Å². The van der Waals surface area contributed by atoms with Crippen LogP contribution in [0.1, 0.15) is 19.3 Å². The van der Waals surface area contributed by atoms with Gasteiger partial charge in [-0.2, -0.15) is 0 Å². The van der Waals surface area contributed by atoms with E-state index in [9.17, 15) is 13.2 Å². The summed E-state index contributed by atoms with van der Waals surface area (Å²) >= 11 is -2.84. The van der Waals surface area contributed by atoms with E-state index in [-0.39, 0.29) is 6.10 Å². The standard InChI is InChI=1S/C9H10F3N2O.3CH3.Sn/c10-9(11,12)8-5-6(13-14-8)7-3-1-2-4-15-7;;;;/h5,7H,1-4H2;3*1H3;. The van der Waals surface area contributed by atoms with Crippen molar-refractivity contribution in [1.29, 1.82) is 0 Å². The van der Waals surface area contributed by atoms with Gasteiger partial charge in [0.2, 0.25) is 0 Å². The third kappa shape index (κ3) is 2.84. The number of rotatable bonds is 2. The van der Waals surface area contributed by atoms with Crippen LogP contribution >= 0.6 is 0 Å². The molecule has 0 spiro atoms. The molecular weight excluding hydrogens is 364 g/mol. The van der Waals surface area contributed by atoms with Crippen molar-refractivity contribution in [3.8, 4) is 0 Å². The average molecular weight is 383 g/mol. The molecule has 2 aliphatic rings. The molecule has 0 amide bonds. The Hall–Kier alpha value is -0.111. The van der Waals surface area contributed by atoms with Gasteiger partial charge in [-0.3, -0.25) is 0 Å².